The van der Waals surface area contributed by atoms with Crippen molar-refractivity contribution in [3.05, 3.63) is 42.5 Å². The third kappa shape index (κ3) is 5.17. The third-order valence-corrected chi connectivity index (χ3v) is 8.72. The number of para-hydroxylation sites is 2. The van der Waals surface area contributed by atoms with Crippen LogP contribution in [-0.4, -0.2) is 34.5 Å². The van der Waals surface area contributed by atoms with Gasteiger partial charge in [0.1, 0.15) is 10.6 Å². The van der Waals surface area contributed by atoms with E-state index in [2.05, 4.69) is 10.0 Å². The summed E-state index contributed by atoms with van der Waals surface area (Å²) in [6.07, 6.45) is 5.43. The van der Waals surface area contributed by atoms with Gasteiger partial charge in [0.05, 0.1) is 18.5 Å². The quantitative estimate of drug-likeness (QED) is 0.488. The largest absolute Gasteiger partial charge is 0.495 e. The lowest BCUT2D eigenvalue weighted by molar-refractivity contribution is -0.117. The van der Waals surface area contributed by atoms with E-state index < -0.39 is 10.0 Å². The number of sulfonamides is 1. The Morgan fingerprint density at radius 3 is 2.50 bits per heavy atom. The van der Waals surface area contributed by atoms with Crippen LogP contribution < -0.4 is 19.7 Å². The van der Waals surface area contributed by atoms with Gasteiger partial charge in [-0.15, -0.1) is 0 Å². The minimum absolute atomic E-state index is 0.0471. The average molecular weight is 486 g/mol. The van der Waals surface area contributed by atoms with Gasteiger partial charge in [0.15, 0.2) is 0 Å². The maximum absolute atomic E-state index is 13.5. The summed E-state index contributed by atoms with van der Waals surface area (Å²) in [6, 6.07) is 12.0. The summed E-state index contributed by atoms with van der Waals surface area (Å²) < 4.78 is 35.0. The van der Waals surface area contributed by atoms with Crippen LogP contribution in [0, 0.1) is 17.8 Å². The van der Waals surface area contributed by atoms with Crippen molar-refractivity contribution >= 4 is 33.0 Å². The highest BCUT2D eigenvalue weighted by atomic mass is 32.2. The molecule has 0 heterocycles. The van der Waals surface area contributed by atoms with Crippen molar-refractivity contribution < 1.29 is 17.9 Å². The Morgan fingerprint density at radius 1 is 1.09 bits per heavy atom. The van der Waals surface area contributed by atoms with E-state index >= 15 is 0 Å². The molecule has 3 unspecified atom stereocenters. The molecule has 1 amide bonds. The number of benzene rings is 2. The number of hydrogen-bond acceptors (Lipinski definition) is 5. The molecule has 2 aliphatic carbocycles. The monoisotopic (exact) mass is 485 g/mol. The van der Waals surface area contributed by atoms with Gasteiger partial charge in [-0.3, -0.25) is 9.52 Å². The van der Waals surface area contributed by atoms with E-state index in [4.69, 9.17) is 4.74 Å². The van der Waals surface area contributed by atoms with Crippen LogP contribution in [-0.2, 0) is 14.8 Å². The highest BCUT2D eigenvalue weighted by Crippen LogP contribution is 2.49. The summed E-state index contributed by atoms with van der Waals surface area (Å²) in [5.74, 6) is 2.29. The van der Waals surface area contributed by atoms with Gasteiger partial charge >= 0.3 is 0 Å². The fourth-order valence-corrected chi connectivity index (χ4v) is 6.96. The van der Waals surface area contributed by atoms with Gasteiger partial charge < -0.3 is 15.0 Å². The van der Waals surface area contributed by atoms with E-state index in [1.54, 1.807) is 42.5 Å². The number of anilines is 3. The first-order valence-electron chi connectivity index (χ1n) is 12.2. The van der Waals surface area contributed by atoms with E-state index in [9.17, 15) is 13.2 Å². The Balaban J connectivity index is 1.59. The minimum Gasteiger partial charge on any atom is -0.495 e. The summed E-state index contributed by atoms with van der Waals surface area (Å²) in [7, 11) is -2.45. The molecule has 2 saturated carbocycles. The summed E-state index contributed by atoms with van der Waals surface area (Å²) in [5, 5.41) is 2.96. The predicted molar refractivity (Wildman–Crippen MR) is 136 cm³/mol. The number of carbonyl (C=O) groups is 1. The molecule has 0 aliphatic heterocycles. The molecule has 2 aromatic rings. The summed E-state index contributed by atoms with van der Waals surface area (Å²) >= 11 is 0. The molecular formula is C26H35N3O4S. The van der Waals surface area contributed by atoms with E-state index in [0.717, 1.165) is 12.3 Å². The normalized spacial score (nSPS) is 21.3. The molecule has 0 radical (unpaired) electrons. The second-order valence-corrected chi connectivity index (χ2v) is 11.0. The molecule has 0 saturated heterocycles. The first-order chi connectivity index (χ1) is 16.3. The van der Waals surface area contributed by atoms with E-state index in [0.29, 0.717) is 54.2 Å². The molecule has 184 valence electrons. The smallest absolute Gasteiger partial charge is 0.264 e. The number of ether oxygens (including phenoxy) is 1. The van der Waals surface area contributed by atoms with Gasteiger partial charge in [-0.2, -0.15) is 0 Å². The first-order valence-corrected chi connectivity index (χ1v) is 13.7. The number of carbonyl (C=O) groups excluding carboxylic acids is 1. The van der Waals surface area contributed by atoms with Crippen LogP contribution in [0.25, 0.3) is 0 Å². The lowest BCUT2D eigenvalue weighted by Crippen LogP contribution is -2.26. The number of hydrogen-bond donors (Lipinski definition) is 2. The molecular weight excluding hydrogens is 450 g/mol. The Morgan fingerprint density at radius 2 is 1.85 bits per heavy atom. The van der Waals surface area contributed by atoms with Crippen LogP contribution in [0.5, 0.6) is 5.75 Å². The first kappa shape index (κ1) is 24.4. The van der Waals surface area contributed by atoms with Crippen molar-refractivity contribution in [2.24, 2.45) is 17.8 Å². The summed E-state index contributed by atoms with van der Waals surface area (Å²) in [6.45, 7) is 5.28. The van der Waals surface area contributed by atoms with Crippen molar-refractivity contribution in [1.29, 1.82) is 0 Å². The maximum atomic E-state index is 13.5. The van der Waals surface area contributed by atoms with Gasteiger partial charge in [-0.05, 0) is 81.2 Å². The molecule has 4 rings (SSSR count). The zero-order valence-electron chi connectivity index (χ0n) is 20.2. The van der Waals surface area contributed by atoms with Crippen LogP contribution >= 0.6 is 0 Å². The number of nitrogens with zero attached hydrogens (tertiary/aromatic N) is 1. The van der Waals surface area contributed by atoms with Crippen LogP contribution in [0.1, 0.15) is 46.0 Å². The molecule has 3 atom stereocenters. The summed E-state index contributed by atoms with van der Waals surface area (Å²) in [5.41, 5.74) is 1.45. The standard InChI is InChI=1S/C26H35N3O4S/c1-4-29(5-2)23-13-12-21(27-26(30)16-20-15-18-10-11-19(20)14-18)17-25(23)34(31,32)28-22-8-6-7-9-24(22)33-3/h6-9,12-13,17-20,28H,4-5,10-11,14-16H2,1-3H3,(H,27,30). The Kier molecular flexibility index (Phi) is 7.36. The van der Waals surface area contributed by atoms with Crippen molar-refractivity contribution in [1.82, 2.24) is 0 Å². The van der Waals surface area contributed by atoms with Crippen molar-refractivity contribution in [3.8, 4) is 5.75 Å². The second kappa shape index (κ2) is 10.3. The number of methoxy groups -OCH3 is 1. The SMILES string of the molecule is CCN(CC)c1ccc(NC(=O)CC2CC3CCC2C3)cc1S(=O)(=O)Nc1ccccc1OC. The highest BCUT2D eigenvalue weighted by Gasteiger charge is 2.40. The topological polar surface area (TPSA) is 87.7 Å². The maximum Gasteiger partial charge on any atom is 0.264 e. The van der Waals surface area contributed by atoms with E-state index in [1.807, 2.05) is 18.7 Å². The molecule has 2 N–H and O–H groups in total. The van der Waals surface area contributed by atoms with Crippen LogP contribution in [0.3, 0.4) is 0 Å². The Bertz CT molecular complexity index is 1130. The van der Waals surface area contributed by atoms with Crippen LogP contribution in [0.2, 0.25) is 0 Å². The zero-order valence-corrected chi connectivity index (χ0v) is 21.0. The molecule has 34 heavy (non-hydrogen) atoms. The fourth-order valence-electron chi connectivity index (χ4n) is 5.64. The van der Waals surface area contributed by atoms with Crippen molar-refractivity contribution in [3.63, 3.8) is 0 Å². The lowest BCUT2D eigenvalue weighted by Gasteiger charge is -2.25. The lowest BCUT2D eigenvalue weighted by atomic mass is 9.86. The number of fused-ring (bicyclic) bond motifs is 2. The molecule has 0 spiro atoms. The number of amides is 1. The van der Waals surface area contributed by atoms with Crippen molar-refractivity contribution in [2.45, 2.75) is 50.8 Å². The zero-order chi connectivity index (χ0) is 24.3. The minimum atomic E-state index is -3.95. The van der Waals surface area contributed by atoms with E-state index in [-0.39, 0.29) is 10.8 Å². The van der Waals surface area contributed by atoms with E-state index in [1.165, 1.54) is 26.4 Å². The molecule has 2 bridgehead atoms. The van der Waals surface area contributed by atoms with Gasteiger partial charge in [0.25, 0.3) is 10.0 Å². The number of nitrogens with one attached hydrogen (secondary N) is 2. The molecule has 7 nitrogen and oxygen atoms in total. The molecule has 0 aromatic heterocycles. The fraction of sp³-hybridized carbons (Fsp3) is 0.500. The van der Waals surface area contributed by atoms with Crippen molar-refractivity contribution in [2.75, 3.05) is 35.1 Å². The van der Waals surface area contributed by atoms with Gasteiger partial charge in [0.2, 0.25) is 5.91 Å². The Labute approximate surface area is 202 Å². The Hall–Kier alpha value is -2.74. The average Bonchev–Trinajstić information content (AvgIpc) is 3.44. The predicted octanol–water partition coefficient (Wildman–Crippen LogP) is 5.11. The second-order valence-electron chi connectivity index (χ2n) is 9.35. The molecule has 2 fully saturated rings. The third-order valence-electron chi connectivity index (χ3n) is 7.32. The van der Waals surface area contributed by atoms with Gasteiger partial charge in [-0.25, -0.2) is 8.42 Å². The van der Waals surface area contributed by atoms with Crippen LogP contribution in [0.15, 0.2) is 47.4 Å². The molecule has 2 aromatic carbocycles. The molecule has 2 aliphatic rings. The van der Waals surface area contributed by atoms with Crippen LogP contribution in [0.4, 0.5) is 17.1 Å². The van der Waals surface area contributed by atoms with Gasteiger partial charge in [-0.1, -0.05) is 18.6 Å². The number of rotatable bonds is 10. The van der Waals surface area contributed by atoms with Gasteiger partial charge in [0, 0.05) is 25.2 Å². The molecule has 8 heteroatoms. The summed E-state index contributed by atoms with van der Waals surface area (Å²) in [4.78, 5) is 14.9. The highest BCUT2D eigenvalue weighted by molar-refractivity contribution is 7.93.